The molecule has 6 heteroatoms. The first-order chi connectivity index (χ1) is 11.7. The molecule has 4 rings (SSSR count). The third-order valence-electron chi connectivity index (χ3n) is 3.78. The van der Waals surface area contributed by atoms with Crippen LogP contribution in [0.15, 0.2) is 67.1 Å². The van der Waals surface area contributed by atoms with Gasteiger partial charge in [0.1, 0.15) is 5.69 Å². The molecule has 0 aliphatic rings. The van der Waals surface area contributed by atoms with Gasteiger partial charge in [-0.3, -0.25) is 14.8 Å². The van der Waals surface area contributed by atoms with Crippen molar-refractivity contribution in [1.29, 1.82) is 0 Å². The van der Waals surface area contributed by atoms with Crippen molar-refractivity contribution in [3.05, 3.63) is 72.7 Å². The lowest BCUT2D eigenvalue weighted by Crippen LogP contribution is -2.10. The molecule has 1 aromatic carbocycles. The Hall–Kier alpha value is -3.54. The molecule has 0 aliphatic carbocycles. The van der Waals surface area contributed by atoms with Gasteiger partial charge in [0.25, 0.3) is 0 Å². The van der Waals surface area contributed by atoms with Gasteiger partial charge in [0.05, 0.1) is 16.9 Å². The van der Waals surface area contributed by atoms with Crippen molar-refractivity contribution in [2.45, 2.75) is 0 Å². The van der Waals surface area contributed by atoms with Crippen molar-refractivity contribution in [2.24, 2.45) is 5.73 Å². The molecule has 2 N–H and O–H groups in total. The lowest BCUT2D eigenvalue weighted by Gasteiger charge is -2.02. The second-order valence-corrected chi connectivity index (χ2v) is 5.28. The number of carbonyl (C=O) groups excluding carboxylic acids is 1. The van der Waals surface area contributed by atoms with Crippen molar-refractivity contribution in [3.8, 4) is 17.1 Å². The minimum absolute atomic E-state index is 0.439. The highest BCUT2D eigenvalue weighted by Crippen LogP contribution is 2.29. The largest absolute Gasteiger partial charge is 0.366 e. The number of amides is 1. The van der Waals surface area contributed by atoms with Gasteiger partial charge in [0.15, 0.2) is 0 Å². The maximum Gasteiger partial charge on any atom is 0.248 e. The normalized spacial score (nSPS) is 10.8. The highest BCUT2D eigenvalue weighted by molar-refractivity contribution is 6.01. The molecule has 116 valence electrons. The average molecular weight is 315 g/mol. The number of aromatic nitrogens is 4. The lowest BCUT2D eigenvalue weighted by molar-refractivity contribution is 0.100. The Morgan fingerprint density at radius 2 is 1.83 bits per heavy atom. The third kappa shape index (κ3) is 2.30. The molecule has 0 bridgehead atoms. The first-order valence-corrected chi connectivity index (χ1v) is 7.38. The zero-order valence-electron chi connectivity index (χ0n) is 12.6. The number of hydrogen-bond acceptors (Lipinski definition) is 4. The van der Waals surface area contributed by atoms with Gasteiger partial charge in [-0.2, -0.15) is 5.10 Å². The zero-order chi connectivity index (χ0) is 16.5. The van der Waals surface area contributed by atoms with Gasteiger partial charge < -0.3 is 5.73 Å². The monoisotopic (exact) mass is 315 g/mol. The fourth-order valence-corrected chi connectivity index (χ4v) is 2.65. The summed E-state index contributed by atoms with van der Waals surface area (Å²) in [6, 6.07) is 14.7. The van der Waals surface area contributed by atoms with Crippen LogP contribution in [0, 0.1) is 0 Å². The second kappa shape index (κ2) is 5.58. The summed E-state index contributed by atoms with van der Waals surface area (Å²) in [5.74, 6) is -0.472. The van der Waals surface area contributed by atoms with E-state index in [1.54, 1.807) is 30.7 Å². The predicted octanol–water partition coefficient (Wildman–Crippen LogP) is 2.58. The molecule has 3 heterocycles. The van der Waals surface area contributed by atoms with E-state index >= 15 is 0 Å². The van der Waals surface area contributed by atoms with E-state index in [9.17, 15) is 4.79 Å². The fraction of sp³-hybridized carbons (Fsp3) is 0. The Labute approximate surface area is 137 Å². The van der Waals surface area contributed by atoms with E-state index in [-0.39, 0.29) is 0 Å². The standard InChI is InChI=1S/C18H13N5O/c19-18(24)12-4-5-16-14(11-12)17(15-3-1-2-8-21-15)22-23(16)13-6-9-20-10-7-13/h1-11H,(H2,19,24). The summed E-state index contributed by atoms with van der Waals surface area (Å²) in [7, 11) is 0. The summed E-state index contributed by atoms with van der Waals surface area (Å²) in [6.07, 6.45) is 5.13. The third-order valence-corrected chi connectivity index (χ3v) is 3.78. The first kappa shape index (κ1) is 14.1. The van der Waals surface area contributed by atoms with E-state index in [0.717, 1.165) is 22.3 Å². The van der Waals surface area contributed by atoms with Crippen LogP contribution in [0.2, 0.25) is 0 Å². The molecule has 0 saturated heterocycles. The predicted molar refractivity (Wildman–Crippen MR) is 90.6 cm³/mol. The van der Waals surface area contributed by atoms with E-state index in [2.05, 4.69) is 9.97 Å². The molecule has 0 aliphatic heterocycles. The van der Waals surface area contributed by atoms with E-state index in [4.69, 9.17) is 10.8 Å². The van der Waals surface area contributed by atoms with Crippen molar-refractivity contribution in [1.82, 2.24) is 19.7 Å². The molecular weight excluding hydrogens is 302 g/mol. The van der Waals surface area contributed by atoms with Gasteiger partial charge in [0, 0.05) is 29.5 Å². The number of nitrogens with zero attached hydrogens (tertiary/aromatic N) is 4. The number of fused-ring (bicyclic) bond motifs is 1. The van der Waals surface area contributed by atoms with Crippen molar-refractivity contribution in [2.75, 3.05) is 0 Å². The van der Waals surface area contributed by atoms with Gasteiger partial charge in [-0.15, -0.1) is 0 Å². The fourth-order valence-electron chi connectivity index (χ4n) is 2.65. The molecule has 3 aromatic heterocycles. The smallest absolute Gasteiger partial charge is 0.248 e. The number of pyridine rings is 2. The van der Waals surface area contributed by atoms with Gasteiger partial charge in [-0.05, 0) is 42.5 Å². The zero-order valence-corrected chi connectivity index (χ0v) is 12.6. The summed E-state index contributed by atoms with van der Waals surface area (Å²) in [5.41, 5.74) is 9.04. The Kier molecular flexibility index (Phi) is 3.28. The van der Waals surface area contributed by atoms with Crippen LogP contribution in [0.5, 0.6) is 0 Å². The maximum atomic E-state index is 11.5. The van der Waals surface area contributed by atoms with Crippen LogP contribution < -0.4 is 5.73 Å². The maximum absolute atomic E-state index is 11.5. The lowest BCUT2D eigenvalue weighted by atomic mass is 10.1. The van der Waals surface area contributed by atoms with Gasteiger partial charge in [0.2, 0.25) is 5.91 Å². The molecular formula is C18H13N5O. The van der Waals surface area contributed by atoms with Gasteiger partial charge in [-0.1, -0.05) is 6.07 Å². The van der Waals surface area contributed by atoms with Crippen LogP contribution in [0.3, 0.4) is 0 Å². The SMILES string of the molecule is NC(=O)c1ccc2c(c1)c(-c1ccccn1)nn2-c1ccncc1. The van der Waals surface area contributed by atoms with Crippen LogP contribution in [-0.4, -0.2) is 25.7 Å². The quantitative estimate of drug-likeness (QED) is 0.629. The Bertz CT molecular complexity index is 1030. The van der Waals surface area contributed by atoms with Crippen LogP contribution in [0.1, 0.15) is 10.4 Å². The Balaban J connectivity index is 2.04. The van der Waals surface area contributed by atoms with Crippen LogP contribution in [0.4, 0.5) is 0 Å². The topological polar surface area (TPSA) is 86.7 Å². The number of nitrogens with two attached hydrogens (primary N) is 1. The van der Waals surface area contributed by atoms with E-state index in [0.29, 0.717) is 11.3 Å². The highest BCUT2D eigenvalue weighted by Gasteiger charge is 2.16. The number of benzene rings is 1. The van der Waals surface area contributed by atoms with Crippen molar-refractivity contribution < 1.29 is 4.79 Å². The Morgan fingerprint density at radius 3 is 2.54 bits per heavy atom. The molecule has 0 saturated carbocycles. The number of carbonyl (C=O) groups is 1. The Morgan fingerprint density at radius 1 is 1.00 bits per heavy atom. The van der Waals surface area contributed by atoms with E-state index < -0.39 is 5.91 Å². The number of primary amides is 1. The van der Waals surface area contributed by atoms with Crippen molar-refractivity contribution in [3.63, 3.8) is 0 Å². The van der Waals surface area contributed by atoms with Crippen LogP contribution in [0.25, 0.3) is 28.0 Å². The summed E-state index contributed by atoms with van der Waals surface area (Å²) in [5, 5.41) is 5.53. The molecule has 0 unspecified atom stereocenters. The summed E-state index contributed by atoms with van der Waals surface area (Å²) in [6.45, 7) is 0. The van der Waals surface area contributed by atoms with Crippen molar-refractivity contribution >= 4 is 16.8 Å². The van der Waals surface area contributed by atoms with E-state index in [1.165, 1.54) is 0 Å². The second-order valence-electron chi connectivity index (χ2n) is 5.28. The minimum Gasteiger partial charge on any atom is -0.366 e. The van der Waals surface area contributed by atoms with Gasteiger partial charge >= 0.3 is 0 Å². The molecule has 0 spiro atoms. The molecule has 24 heavy (non-hydrogen) atoms. The summed E-state index contributed by atoms with van der Waals surface area (Å²) in [4.78, 5) is 20.0. The molecule has 0 fully saturated rings. The highest BCUT2D eigenvalue weighted by atomic mass is 16.1. The number of rotatable bonds is 3. The summed E-state index contributed by atoms with van der Waals surface area (Å²) >= 11 is 0. The average Bonchev–Trinajstić information content (AvgIpc) is 3.02. The number of hydrogen-bond donors (Lipinski definition) is 1. The molecule has 4 aromatic rings. The first-order valence-electron chi connectivity index (χ1n) is 7.38. The molecule has 0 atom stereocenters. The molecule has 6 nitrogen and oxygen atoms in total. The van der Waals surface area contributed by atoms with Crippen LogP contribution >= 0.6 is 0 Å². The summed E-state index contributed by atoms with van der Waals surface area (Å²) < 4.78 is 1.81. The van der Waals surface area contributed by atoms with Gasteiger partial charge in [-0.25, -0.2) is 4.68 Å². The molecule has 1 amide bonds. The molecule has 0 radical (unpaired) electrons. The minimum atomic E-state index is -0.472. The van der Waals surface area contributed by atoms with Crippen LogP contribution in [-0.2, 0) is 0 Å². The van der Waals surface area contributed by atoms with E-state index in [1.807, 2.05) is 41.1 Å².